The summed E-state index contributed by atoms with van der Waals surface area (Å²) in [6, 6.07) is 12.2. The lowest BCUT2D eigenvalue weighted by Gasteiger charge is -2.27. The lowest BCUT2D eigenvalue weighted by molar-refractivity contribution is 0.0697. The van der Waals surface area contributed by atoms with Crippen LogP contribution in [0.4, 0.5) is 9.18 Å². The second-order valence-corrected chi connectivity index (χ2v) is 5.97. The number of nitrogens with one attached hydrogen (secondary N) is 1. The van der Waals surface area contributed by atoms with E-state index in [1.54, 1.807) is 35.2 Å². The van der Waals surface area contributed by atoms with Gasteiger partial charge in [0.1, 0.15) is 5.82 Å². The molecule has 6 heteroatoms. The molecule has 0 aliphatic heterocycles. The number of halogens is 1. The molecule has 0 bridgehead atoms. The number of carbonyl (C=O) groups is 2. The fourth-order valence-corrected chi connectivity index (χ4v) is 2.34. The Balaban J connectivity index is 2.00. The summed E-state index contributed by atoms with van der Waals surface area (Å²) in [5.74, 6) is -1.34. The van der Waals surface area contributed by atoms with E-state index in [2.05, 4.69) is 5.32 Å². The summed E-state index contributed by atoms with van der Waals surface area (Å²) in [5, 5.41) is 11.7. The summed E-state index contributed by atoms with van der Waals surface area (Å²) < 4.78 is 13.8. The summed E-state index contributed by atoms with van der Waals surface area (Å²) in [6.07, 6.45) is 0. The van der Waals surface area contributed by atoms with Gasteiger partial charge in [0.05, 0.1) is 12.1 Å². The first-order chi connectivity index (χ1) is 11.9. The molecular weight excluding hydrogens is 323 g/mol. The van der Waals surface area contributed by atoms with Gasteiger partial charge in [0.15, 0.2) is 0 Å². The number of hydrogen-bond acceptors (Lipinski definition) is 2. The zero-order chi connectivity index (χ0) is 18.4. The first kappa shape index (κ1) is 18.4. The molecule has 2 aromatic carbocycles. The summed E-state index contributed by atoms with van der Waals surface area (Å²) in [4.78, 5) is 24.8. The lowest BCUT2D eigenvalue weighted by atomic mass is 10.1. The third-order valence-electron chi connectivity index (χ3n) is 3.83. The molecule has 0 spiro atoms. The van der Waals surface area contributed by atoms with Gasteiger partial charge in [-0.05, 0) is 37.6 Å². The van der Waals surface area contributed by atoms with Gasteiger partial charge in [-0.25, -0.2) is 14.0 Å². The highest BCUT2D eigenvalue weighted by atomic mass is 19.1. The van der Waals surface area contributed by atoms with Crippen molar-refractivity contribution in [2.75, 3.05) is 0 Å². The fraction of sp³-hybridized carbons (Fsp3) is 0.263. The topological polar surface area (TPSA) is 69.6 Å². The van der Waals surface area contributed by atoms with E-state index < -0.39 is 5.97 Å². The van der Waals surface area contributed by atoms with Gasteiger partial charge in [-0.15, -0.1) is 0 Å². The number of benzene rings is 2. The van der Waals surface area contributed by atoms with Crippen molar-refractivity contribution in [2.24, 2.45) is 0 Å². The van der Waals surface area contributed by atoms with E-state index in [1.165, 1.54) is 18.2 Å². The number of amides is 2. The van der Waals surface area contributed by atoms with Crippen LogP contribution in [0.5, 0.6) is 0 Å². The number of rotatable bonds is 6. The van der Waals surface area contributed by atoms with Crippen molar-refractivity contribution in [3.8, 4) is 0 Å². The van der Waals surface area contributed by atoms with Crippen molar-refractivity contribution in [2.45, 2.75) is 33.0 Å². The van der Waals surface area contributed by atoms with Gasteiger partial charge in [-0.3, -0.25) is 0 Å². The first-order valence-electron chi connectivity index (χ1n) is 7.98. The summed E-state index contributed by atoms with van der Waals surface area (Å²) in [7, 11) is 0. The van der Waals surface area contributed by atoms with E-state index in [9.17, 15) is 14.0 Å². The molecular formula is C19H21FN2O3. The van der Waals surface area contributed by atoms with E-state index in [-0.39, 0.29) is 36.5 Å². The monoisotopic (exact) mass is 344 g/mol. The van der Waals surface area contributed by atoms with Crippen LogP contribution in [-0.2, 0) is 13.1 Å². The maximum absolute atomic E-state index is 13.8. The molecule has 0 aromatic heterocycles. The smallest absolute Gasteiger partial charge is 0.335 e. The maximum Gasteiger partial charge on any atom is 0.335 e. The van der Waals surface area contributed by atoms with E-state index in [4.69, 9.17) is 5.11 Å². The Morgan fingerprint density at radius 3 is 2.32 bits per heavy atom. The highest BCUT2D eigenvalue weighted by Crippen LogP contribution is 2.13. The number of nitrogens with zero attached hydrogens (tertiary/aromatic N) is 1. The molecule has 5 nitrogen and oxygen atoms in total. The van der Waals surface area contributed by atoms with Crippen LogP contribution in [0.2, 0.25) is 0 Å². The van der Waals surface area contributed by atoms with Crippen LogP contribution in [0.25, 0.3) is 0 Å². The molecule has 0 fully saturated rings. The van der Waals surface area contributed by atoms with Crippen LogP contribution >= 0.6 is 0 Å². The molecule has 0 radical (unpaired) electrons. The Morgan fingerprint density at radius 1 is 1.12 bits per heavy atom. The average molecular weight is 344 g/mol. The van der Waals surface area contributed by atoms with Crippen molar-refractivity contribution in [3.63, 3.8) is 0 Å². The minimum atomic E-state index is -0.994. The highest BCUT2D eigenvalue weighted by molar-refractivity contribution is 5.87. The number of carbonyl (C=O) groups excluding carboxylic acids is 1. The van der Waals surface area contributed by atoms with Gasteiger partial charge in [0.25, 0.3) is 0 Å². The maximum atomic E-state index is 13.8. The minimum Gasteiger partial charge on any atom is -0.478 e. The quantitative estimate of drug-likeness (QED) is 0.840. The fourth-order valence-electron chi connectivity index (χ4n) is 2.34. The Labute approximate surface area is 146 Å². The molecule has 132 valence electrons. The SMILES string of the molecule is CC(C)N(Cc1ccccc1F)C(=O)NCc1ccc(C(=O)O)cc1. The first-order valence-corrected chi connectivity index (χ1v) is 7.98. The zero-order valence-electron chi connectivity index (χ0n) is 14.2. The molecule has 0 unspecified atom stereocenters. The summed E-state index contributed by atoms with van der Waals surface area (Å²) in [5.41, 5.74) is 1.43. The molecule has 0 heterocycles. The number of carboxylic acids is 1. The van der Waals surface area contributed by atoms with Crippen molar-refractivity contribution >= 4 is 12.0 Å². The molecule has 0 aliphatic rings. The molecule has 2 rings (SSSR count). The van der Waals surface area contributed by atoms with E-state index in [0.717, 1.165) is 5.56 Å². The second-order valence-electron chi connectivity index (χ2n) is 5.97. The number of aromatic carboxylic acids is 1. The van der Waals surface area contributed by atoms with Crippen molar-refractivity contribution < 1.29 is 19.1 Å². The molecule has 0 saturated carbocycles. The van der Waals surface area contributed by atoms with Gasteiger partial charge < -0.3 is 15.3 Å². The molecule has 2 N–H and O–H groups in total. The predicted molar refractivity (Wildman–Crippen MR) is 92.7 cm³/mol. The molecule has 0 saturated heterocycles. The summed E-state index contributed by atoms with van der Waals surface area (Å²) >= 11 is 0. The van der Waals surface area contributed by atoms with Crippen LogP contribution in [0, 0.1) is 5.82 Å². The molecule has 2 aromatic rings. The zero-order valence-corrected chi connectivity index (χ0v) is 14.2. The van der Waals surface area contributed by atoms with Crippen molar-refractivity contribution in [1.29, 1.82) is 0 Å². The van der Waals surface area contributed by atoms with Gasteiger partial charge in [-0.1, -0.05) is 30.3 Å². The number of urea groups is 1. The molecule has 0 atom stereocenters. The highest BCUT2D eigenvalue weighted by Gasteiger charge is 2.18. The van der Waals surface area contributed by atoms with Crippen LogP contribution in [0.3, 0.4) is 0 Å². The number of hydrogen-bond donors (Lipinski definition) is 2. The van der Waals surface area contributed by atoms with Gasteiger partial charge in [-0.2, -0.15) is 0 Å². The third-order valence-corrected chi connectivity index (χ3v) is 3.83. The van der Waals surface area contributed by atoms with E-state index >= 15 is 0 Å². The Morgan fingerprint density at radius 2 is 1.76 bits per heavy atom. The normalized spacial score (nSPS) is 10.6. The predicted octanol–water partition coefficient (Wildman–Crippen LogP) is 3.64. The standard InChI is InChI=1S/C19H21FN2O3/c1-13(2)22(12-16-5-3-4-6-17(16)20)19(25)21-11-14-7-9-15(10-8-14)18(23)24/h3-10,13H,11-12H2,1-2H3,(H,21,25)(H,23,24). The van der Waals surface area contributed by atoms with Crippen LogP contribution in [0.1, 0.15) is 35.3 Å². The molecule has 2 amide bonds. The van der Waals surface area contributed by atoms with Crippen LogP contribution in [-0.4, -0.2) is 28.0 Å². The largest absolute Gasteiger partial charge is 0.478 e. The Bertz CT molecular complexity index is 745. The third kappa shape index (κ3) is 5.04. The van der Waals surface area contributed by atoms with E-state index in [1.807, 2.05) is 13.8 Å². The van der Waals surface area contributed by atoms with E-state index in [0.29, 0.717) is 5.56 Å². The van der Waals surface area contributed by atoms with Crippen molar-refractivity contribution in [1.82, 2.24) is 10.2 Å². The van der Waals surface area contributed by atoms with Gasteiger partial charge in [0, 0.05) is 18.2 Å². The Kier molecular flexibility index (Phi) is 6.11. The van der Waals surface area contributed by atoms with Gasteiger partial charge in [0.2, 0.25) is 0 Å². The molecule has 25 heavy (non-hydrogen) atoms. The number of carboxylic acid groups (broad SMARTS) is 1. The van der Waals surface area contributed by atoms with Crippen LogP contribution < -0.4 is 5.32 Å². The Hall–Kier alpha value is -2.89. The van der Waals surface area contributed by atoms with Crippen LogP contribution in [0.15, 0.2) is 48.5 Å². The van der Waals surface area contributed by atoms with Gasteiger partial charge >= 0.3 is 12.0 Å². The molecule has 0 aliphatic carbocycles. The van der Waals surface area contributed by atoms with Crippen molar-refractivity contribution in [3.05, 3.63) is 71.0 Å². The lowest BCUT2D eigenvalue weighted by Crippen LogP contribution is -2.43. The average Bonchev–Trinajstić information content (AvgIpc) is 2.59. The summed E-state index contributed by atoms with van der Waals surface area (Å²) in [6.45, 7) is 4.16. The minimum absolute atomic E-state index is 0.103. The second kappa shape index (κ2) is 8.28.